The summed E-state index contributed by atoms with van der Waals surface area (Å²) in [5.41, 5.74) is 0. The van der Waals surface area contributed by atoms with Crippen molar-refractivity contribution < 1.29 is 9.53 Å². The van der Waals surface area contributed by atoms with Crippen molar-refractivity contribution in [1.82, 2.24) is 5.32 Å². The summed E-state index contributed by atoms with van der Waals surface area (Å²) in [5, 5.41) is 2.79. The summed E-state index contributed by atoms with van der Waals surface area (Å²) in [4.78, 5) is 11.1. The van der Waals surface area contributed by atoms with Gasteiger partial charge in [-0.25, -0.2) is 0 Å². The van der Waals surface area contributed by atoms with Gasteiger partial charge in [-0.15, -0.1) is 0 Å². The van der Waals surface area contributed by atoms with Gasteiger partial charge in [0.25, 0.3) is 0 Å². The van der Waals surface area contributed by atoms with E-state index in [1.807, 2.05) is 0 Å². The maximum Gasteiger partial charge on any atom is 0.319 e. The molecule has 1 N–H and O–H groups in total. The smallest absolute Gasteiger partial charge is 0.319 e. The minimum absolute atomic E-state index is 0.144. The third-order valence-corrected chi connectivity index (χ3v) is 3.76. The van der Waals surface area contributed by atoms with Crippen LogP contribution in [-0.2, 0) is 9.53 Å². The van der Waals surface area contributed by atoms with Gasteiger partial charge in [-0.2, -0.15) is 0 Å². The van der Waals surface area contributed by atoms with E-state index < -0.39 is 0 Å². The summed E-state index contributed by atoms with van der Waals surface area (Å²) in [6, 6.07) is 0. The molecule has 0 aliphatic heterocycles. The van der Waals surface area contributed by atoms with E-state index in [0.29, 0.717) is 13.2 Å². The van der Waals surface area contributed by atoms with Gasteiger partial charge in [0.15, 0.2) is 0 Å². The highest BCUT2D eigenvalue weighted by molar-refractivity contribution is 5.71. The van der Waals surface area contributed by atoms with Crippen LogP contribution in [0.1, 0.15) is 84.5 Å². The van der Waals surface area contributed by atoms with Gasteiger partial charge in [0.05, 0.1) is 13.2 Å². The first-order valence-electron chi connectivity index (χ1n) is 8.97. The Bertz CT molecular complexity index is 229. The van der Waals surface area contributed by atoms with E-state index in [2.05, 4.69) is 19.2 Å². The fourth-order valence-corrected chi connectivity index (χ4v) is 2.45. The van der Waals surface area contributed by atoms with Crippen molar-refractivity contribution >= 4 is 5.97 Å². The lowest BCUT2D eigenvalue weighted by Crippen LogP contribution is -2.21. The van der Waals surface area contributed by atoms with Gasteiger partial charge in [-0.1, -0.05) is 78.1 Å². The zero-order valence-corrected chi connectivity index (χ0v) is 14.6. The molecular formula is C18H37NO2. The number of esters is 1. The van der Waals surface area contributed by atoms with Crippen molar-refractivity contribution in [3.63, 3.8) is 0 Å². The number of hydrogen-bond donors (Lipinski definition) is 1. The molecule has 0 atom stereocenters. The minimum Gasteiger partial charge on any atom is -0.465 e. The summed E-state index contributed by atoms with van der Waals surface area (Å²) in [7, 11) is 1.76. The highest BCUT2D eigenvalue weighted by Crippen LogP contribution is 2.13. The monoisotopic (exact) mass is 299 g/mol. The van der Waals surface area contributed by atoms with Gasteiger partial charge in [-0.3, -0.25) is 4.79 Å². The second-order valence-corrected chi connectivity index (χ2v) is 6.47. The molecule has 0 spiro atoms. The van der Waals surface area contributed by atoms with E-state index in [1.54, 1.807) is 7.05 Å². The van der Waals surface area contributed by atoms with E-state index >= 15 is 0 Å². The second-order valence-electron chi connectivity index (χ2n) is 6.47. The first-order valence-corrected chi connectivity index (χ1v) is 8.97. The van der Waals surface area contributed by atoms with Crippen molar-refractivity contribution in [2.24, 2.45) is 5.92 Å². The number of carbonyl (C=O) groups is 1. The Morgan fingerprint density at radius 3 is 1.81 bits per heavy atom. The van der Waals surface area contributed by atoms with Crippen LogP contribution in [0.25, 0.3) is 0 Å². The maximum atomic E-state index is 11.1. The van der Waals surface area contributed by atoms with Crippen molar-refractivity contribution in [2.75, 3.05) is 20.2 Å². The van der Waals surface area contributed by atoms with Gasteiger partial charge in [0.2, 0.25) is 0 Å². The van der Waals surface area contributed by atoms with Crippen LogP contribution < -0.4 is 5.32 Å². The zero-order chi connectivity index (χ0) is 15.8. The number of likely N-dealkylation sites (N-methyl/N-ethyl adjacent to an activating group) is 1. The molecule has 0 saturated carbocycles. The Kier molecular flexibility index (Phi) is 15.4. The molecule has 3 heteroatoms. The largest absolute Gasteiger partial charge is 0.465 e. The average molecular weight is 299 g/mol. The summed E-state index contributed by atoms with van der Waals surface area (Å²) in [6.45, 7) is 5.51. The van der Waals surface area contributed by atoms with Crippen molar-refractivity contribution in [2.45, 2.75) is 84.5 Å². The molecule has 3 nitrogen and oxygen atoms in total. The number of rotatable bonds is 15. The molecule has 0 unspecified atom stereocenters. The Hall–Kier alpha value is -0.570. The predicted octanol–water partition coefficient (Wildman–Crippen LogP) is 4.70. The second kappa shape index (κ2) is 15.8. The van der Waals surface area contributed by atoms with E-state index in [9.17, 15) is 4.79 Å². The Morgan fingerprint density at radius 1 is 0.857 bits per heavy atom. The standard InChI is InChI=1S/C18H37NO2/c1-17(2)14-12-10-8-6-4-5-7-9-11-13-15-21-18(20)16-19-3/h17,19H,4-16H2,1-3H3. The summed E-state index contributed by atoms with van der Waals surface area (Å²) >= 11 is 0. The molecule has 0 rings (SSSR count). The van der Waals surface area contributed by atoms with Crippen molar-refractivity contribution in [3.8, 4) is 0 Å². The van der Waals surface area contributed by atoms with Gasteiger partial charge < -0.3 is 10.1 Å². The minimum atomic E-state index is -0.144. The summed E-state index contributed by atoms with van der Waals surface area (Å²) in [6.07, 6.45) is 14.6. The average Bonchev–Trinajstić information content (AvgIpc) is 2.44. The lowest BCUT2D eigenvalue weighted by molar-refractivity contribution is -0.142. The fraction of sp³-hybridized carbons (Fsp3) is 0.944. The number of hydrogen-bond acceptors (Lipinski definition) is 3. The molecule has 21 heavy (non-hydrogen) atoms. The molecule has 0 aliphatic carbocycles. The Balaban J connectivity index is 3.04. The van der Waals surface area contributed by atoms with Crippen LogP contribution in [0.4, 0.5) is 0 Å². The summed E-state index contributed by atoms with van der Waals surface area (Å²) in [5.74, 6) is 0.720. The van der Waals surface area contributed by atoms with Gasteiger partial charge in [0, 0.05) is 0 Å². The first-order chi connectivity index (χ1) is 10.2. The molecule has 0 aromatic rings. The molecule has 0 amide bonds. The Morgan fingerprint density at radius 2 is 1.33 bits per heavy atom. The van der Waals surface area contributed by atoms with Crippen LogP contribution in [0.15, 0.2) is 0 Å². The van der Waals surface area contributed by atoms with Gasteiger partial charge in [0.1, 0.15) is 0 Å². The van der Waals surface area contributed by atoms with Gasteiger partial charge >= 0.3 is 5.97 Å². The number of ether oxygens (including phenoxy) is 1. The quantitative estimate of drug-likeness (QED) is 0.352. The molecule has 0 aromatic heterocycles. The fourth-order valence-electron chi connectivity index (χ4n) is 2.45. The molecule has 0 saturated heterocycles. The predicted molar refractivity (Wildman–Crippen MR) is 90.5 cm³/mol. The van der Waals surface area contributed by atoms with Crippen molar-refractivity contribution in [1.29, 1.82) is 0 Å². The third kappa shape index (κ3) is 17.4. The maximum absolute atomic E-state index is 11.1. The van der Waals surface area contributed by atoms with Crippen LogP contribution in [0.3, 0.4) is 0 Å². The number of carbonyl (C=O) groups excluding carboxylic acids is 1. The topological polar surface area (TPSA) is 38.3 Å². The first kappa shape index (κ1) is 20.4. The summed E-state index contributed by atoms with van der Waals surface area (Å²) < 4.78 is 5.08. The molecule has 0 fully saturated rings. The highest BCUT2D eigenvalue weighted by Gasteiger charge is 1.99. The number of unbranched alkanes of at least 4 members (excludes halogenated alkanes) is 9. The van der Waals surface area contributed by atoms with Crippen molar-refractivity contribution in [3.05, 3.63) is 0 Å². The van der Waals surface area contributed by atoms with Crippen LogP contribution >= 0.6 is 0 Å². The molecule has 0 bridgehead atoms. The highest BCUT2D eigenvalue weighted by atomic mass is 16.5. The number of nitrogens with one attached hydrogen (secondary N) is 1. The van der Waals surface area contributed by atoms with E-state index in [-0.39, 0.29) is 5.97 Å². The van der Waals surface area contributed by atoms with Crippen LogP contribution in [0, 0.1) is 5.92 Å². The lowest BCUT2D eigenvalue weighted by atomic mass is 10.0. The normalized spacial score (nSPS) is 11.0. The van der Waals surface area contributed by atoms with Crippen LogP contribution in [-0.4, -0.2) is 26.2 Å². The molecular weight excluding hydrogens is 262 g/mol. The van der Waals surface area contributed by atoms with E-state index in [0.717, 1.165) is 12.3 Å². The molecule has 0 heterocycles. The molecule has 0 aliphatic rings. The van der Waals surface area contributed by atoms with Crippen LogP contribution in [0.2, 0.25) is 0 Å². The Labute approximate surface area is 132 Å². The van der Waals surface area contributed by atoms with Gasteiger partial charge in [-0.05, 0) is 19.4 Å². The van der Waals surface area contributed by atoms with E-state index in [1.165, 1.54) is 64.2 Å². The SMILES string of the molecule is CNCC(=O)OCCCCCCCCCCCCC(C)C. The van der Waals surface area contributed by atoms with Crippen LogP contribution in [0.5, 0.6) is 0 Å². The third-order valence-electron chi connectivity index (χ3n) is 3.76. The zero-order valence-electron chi connectivity index (χ0n) is 14.6. The van der Waals surface area contributed by atoms with E-state index in [4.69, 9.17) is 4.74 Å². The molecule has 0 aromatic carbocycles. The lowest BCUT2D eigenvalue weighted by Gasteiger charge is -2.05. The molecule has 126 valence electrons. The molecule has 0 radical (unpaired) electrons.